The first-order chi connectivity index (χ1) is 8.22. The first-order valence-corrected chi connectivity index (χ1v) is 5.49. The molecule has 0 aliphatic rings. The molecule has 0 spiro atoms. The standard InChI is InChI=1S/C14H15NO2/c1-10(11-5-7-15-8-6-11)12-3-4-13(16)14(9-12)17-2/h3-10,16H,1-2H3. The molecule has 1 aromatic heterocycles. The molecule has 1 unspecified atom stereocenters. The molecule has 2 aromatic rings. The Kier molecular flexibility index (Phi) is 3.28. The second-order valence-electron chi connectivity index (χ2n) is 3.93. The molecule has 1 aromatic carbocycles. The fourth-order valence-electron chi connectivity index (χ4n) is 1.81. The van der Waals surface area contributed by atoms with Crippen LogP contribution in [0, 0.1) is 0 Å². The van der Waals surface area contributed by atoms with Gasteiger partial charge in [0.15, 0.2) is 11.5 Å². The molecule has 0 bridgehead atoms. The average Bonchev–Trinajstić information content (AvgIpc) is 2.39. The summed E-state index contributed by atoms with van der Waals surface area (Å²) in [6, 6.07) is 9.41. The summed E-state index contributed by atoms with van der Waals surface area (Å²) in [6.45, 7) is 2.11. The van der Waals surface area contributed by atoms with Gasteiger partial charge in [0, 0.05) is 18.3 Å². The van der Waals surface area contributed by atoms with Crippen molar-refractivity contribution in [3.05, 3.63) is 53.9 Å². The van der Waals surface area contributed by atoms with Crippen LogP contribution in [0.2, 0.25) is 0 Å². The Morgan fingerprint density at radius 3 is 2.47 bits per heavy atom. The van der Waals surface area contributed by atoms with Crippen LogP contribution in [-0.4, -0.2) is 17.2 Å². The number of hydrogen-bond donors (Lipinski definition) is 1. The van der Waals surface area contributed by atoms with Gasteiger partial charge in [-0.25, -0.2) is 0 Å². The number of hydrogen-bond acceptors (Lipinski definition) is 3. The zero-order chi connectivity index (χ0) is 12.3. The largest absolute Gasteiger partial charge is 0.504 e. The Balaban J connectivity index is 2.34. The van der Waals surface area contributed by atoms with E-state index >= 15 is 0 Å². The quantitative estimate of drug-likeness (QED) is 0.879. The Morgan fingerprint density at radius 1 is 1.12 bits per heavy atom. The van der Waals surface area contributed by atoms with Gasteiger partial charge < -0.3 is 9.84 Å². The predicted octanol–water partition coefficient (Wildman–Crippen LogP) is 2.95. The highest BCUT2D eigenvalue weighted by Crippen LogP contribution is 2.31. The SMILES string of the molecule is COc1cc(C(C)c2ccncc2)ccc1O. The molecule has 2 rings (SSSR count). The molecule has 0 saturated heterocycles. The smallest absolute Gasteiger partial charge is 0.160 e. The highest BCUT2D eigenvalue weighted by Gasteiger charge is 2.10. The number of nitrogens with zero attached hydrogens (tertiary/aromatic N) is 1. The predicted molar refractivity (Wildman–Crippen MR) is 66.4 cm³/mol. The lowest BCUT2D eigenvalue weighted by molar-refractivity contribution is 0.373. The van der Waals surface area contributed by atoms with Crippen molar-refractivity contribution >= 4 is 0 Å². The topological polar surface area (TPSA) is 42.4 Å². The number of aromatic hydroxyl groups is 1. The van der Waals surface area contributed by atoms with Crippen LogP contribution in [0.3, 0.4) is 0 Å². The summed E-state index contributed by atoms with van der Waals surface area (Å²) in [7, 11) is 1.55. The third-order valence-electron chi connectivity index (χ3n) is 2.91. The van der Waals surface area contributed by atoms with Gasteiger partial charge in [0.25, 0.3) is 0 Å². The van der Waals surface area contributed by atoms with E-state index < -0.39 is 0 Å². The molecule has 0 amide bonds. The normalized spacial score (nSPS) is 12.1. The van der Waals surface area contributed by atoms with Crippen molar-refractivity contribution in [3.8, 4) is 11.5 Å². The molecule has 0 aliphatic heterocycles. The summed E-state index contributed by atoms with van der Waals surface area (Å²) in [5, 5.41) is 9.55. The third kappa shape index (κ3) is 2.38. The number of methoxy groups -OCH3 is 1. The first kappa shape index (κ1) is 11.5. The monoisotopic (exact) mass is 229 g/mol. The zero-order valence-electron chi connectivity index (χ0n) is 9.92. The maximum absolute atomic E-state index is 9.55. The molecule has 1 heterocycles. The van der Waals surface area contributed by atoms with Crippen LogP contribution in [0.25, 0.3) is 0 Å². The van der Waals surface area contributed by atoms with Crippen LogP contribution in [0.15, 0.2) is 42.7 Å². The number of aromatic nitrogens is 1. The molecule has 3 heteroatoms. The van der Waals surface area contributed by atoms with Crippen molar-refractivity contribution in [3.63, 3.8) is 0 Å². The van der Waals surface area contributed by atoms with Crippen LogP contribution in [0.1, 0.15) is 24.0 Å². The van der Waals surface area contributed by atoms with Gasteiger partial charge in [0.05, 0.1) is 7.11 Å². The van der Waals surface area contributed by atoms with Crippen LogP contribution in [-0.2, 0) is 0 Å². The van der Waals surface area contributed by atoms with E-state index in [2.05, 4.69) is 11.9 Å². The van der Waals surface area contributed by atoms with Crippen molar-refractivity contribution in [2.24, 2.45) is 0 Å². The van der Waals surface area contributed by atoms with Crippen molar-refractivity contribution in [2.45, 2.75) is 12.8 Å². The third-order valence-corrected chi connectivity index (χ3v) is 2.91. The minimum absolute atomic E-state index is 0.165. The van der Waals surface area contributed by atoms with Crippen LogP contribution >= 0.6 is 0 Å². The summed E-state index contributed by atoms with van der Waals surface area (Å²) < 4.78 is 5.11. The molecule has 0 radical (unpaired) electrons. The van der Waals surface area contributed by atoms with E-state index in [4.69, 9.17) is 4.74 Å². The number of phenols is 1. The first-order valence-electron chi connectivity index (χ1n) is 5.49. The molecule has 3 nitrogen and oxygen atoms in total. The van der Waals surface area contributed by atoms with Gasteiger partial charge in [-0.05, 0) is 35.4 Å². The van der Waals surface area contributed by atoms with Gasteiger partial charge in [0.2, 0.25) is 0 Å². The Hall–Kier alpha value is -2.03. The zero-order valence-corrected chi connectivity index (χ0v) is 9.92. The lowest BCUT2D eigenvalue weighted by Crippen LogP contribution is -1.97. The summed E-state index contributed by atoms with van der Waals surface area (Å²) in [5.74, 6) is 0.911. The van der Waals surface area contributed by atoms with Crippen molar-refractivity contribution < 1.29 is 9.84 Å². The number of benzene rings is 1. The molecule has 0 fully saturated rings. The van der Waals surface area contributed by atoms with Crippen molar-refractivity contribution in [2.75, 3.05) is 7.11 Å². The average molecular weight is 229 g/mol. The molecule has 1 atom stereocenters. The van der Waals surface area contributed by atoms with Crippen LogP contribution < -0.4 is 4.74 Å². The number of ether oxygens (including phenoxy) is 1. The van der Waals surface area contributed by atoms with E-state index in [9.17, 15) is 5.11 Å². The molecule has 0 aliphatic carbocycles. The van der Waals surface area contributed by atoms with Crippen molar-refractivity contribution in [1.29, 1.82) is 0 Å². The van der Waals surface area contributed by atoms with E-state index in [1.807, 2.05) is 24.3 Å². The van der Waals surface area contributed by atoms with E-state index in [0.717, 1.165) is 5.56 Å². The fraction of sp³-hybridized carbons (Fsp3) is 0.214. The maximum atomic E-state index is 9.55. The number of phenolic OH excluding ortho intramolecular Hbond substituents is 1. The second-order valence-corrected chi connectivity index (χ2v) is 3.93. The van der Waals surface area contributed by atoms with Gasteiger partial charge in [-0.3, -0.25) is 4.98 Å². The maximum Gasteiger partial charge on any atom is 0.160 e. The van der Waals surface area contributed by atoms with Gasteiger partial charge in [-0.1, -0.05) is 13.0 Å². The van der Waals surface area contributed by atoms with E-state index in [1.165, 1.54) is 5.56 Å². The van der Waals surface area contributed by atoms with Gasteiger partial charge in [-0.2, -0.15) is 0 Å². The second kappa shape index (κ2) is 4.87. The Morgan fingerprint density at radius 2 is 1.82 bits per heavy atom. The van der Waals surface area contributed by atoms with Gasteiger partial charge in [-0.15, -0.1) is 0 Å². The van der Waals surface area contributed by atoms with Gasteiger partial charge >= 0.3 is 0 Å². The lowest BCUT2D eigenvalue weighted by Gasteiger charge is -2.13. The Bertz CT molecular complexity index is 497. The van der Waals surface area contributed by atoms with Crippen LogP contribution in [0.5, 0.6) is 11.5 Å². The highest BCUT2D eigenvalue weighted by atomic mass is 16.5. The summed E-state index contributed by atoms with van der Waals surface area (Å²) in [5.41, 5.74) is 2.29. The number of pyridine rings is 1. The van der Waals surface area contributed by atoms with E-state index in [0.29, 0.717) is 5.75 Å². The summed E-state index contributed by atoms with van der Waals surface area (Å²) in [4.78, 5) is 4.00. The highest BCUT2D eigenvalue weighted by molar-refractivity contribution is 5.44. The summed E-state index contributed by atoms with van der Waals surface area (Å²) in [6.07, 6.45) is 3.56. The van der Waals surface area contributed by atoms with E-state index in [1.54, 1.807) is 25.6 Å². The molecule has 88 valence electrons. The Labute approximate surface area is 101 Å². The van der Waals surface area contributed by atoms with Crippen molar-refractivity contribution in [1.82, 2.24) is 4.98 Å². The minimum atomic E-state index is 0.165. The van der Waals surface area contributed by atoms with Gasteiger partial charge in [0.1, 0.15) is 0 Å². The minimum Gasteiger partial charge on any atom is -0.504 e. The summed E-state index contributed by atoms with van der Waals surface area (Å²) >= 11 is 0. The molecule has 0 saturated carbocycles. The lowest BCUT2D eigenvalue weighted by atomic mass is 9.94. The van der Waals surface area contributed by atoms with Crippen LogP contribution in [0.4, 0.5) is 0 Å². The molecular formula is C14H15NO2. The van der Waals surface area contributed by atoms with E-state index in [-0.39, 0.29) is 11.7 Å². The molecule has 1 N–H and O–H groups in total. The fourth-order valence-corrected chi connectivity index (χ4v) is 1.81. The molecule has 17 heavy (non-hydrogen) atoms. The number of rotatable bonds is 3. The molecular weight excluding hydrogens is 214 g/mol.